The van der Waals surface area contributed by atoms with Crippen molar-refractivity contribution in [1.82, 2.24) is 14.3 Å². The van der Waals surface area contributed by atoms with Crippen LogP contribution in [0, 0.1) is 0 Å². The third-order valence-electron chi connectivity index (χ3n) is 6.85. The van der Waals surface area contributed by atoms with Crippen molar-refractivity contribution in [2.24, 2.45) is 0 Å². The summed E-state index contributed by atoms with van der Waals surface area (Å²) in [6.45, 7) is 4.72. The topological polar surface area (TPSA) is 70.0 Å². The molecule has 6 rings (SSSR count). The van der Waals surface area contributed by atoms with Crippen molar-refractivity contribution in [2.75, 3.05) is 36.4 Å². The minimum atomic E-state index is -0.692. The van der Waals surface area contributed by atoms with Gasteiger partial charge in [-0.2, -0.15) is 0 Å². The number of aromatic nitrogens is 2. The molecule has 7 nitrogen and oxygen atoms in total. The summed E-state index contributed by atoms with van der Waals surface area (Å²) in [6, 6.07) is 25.2. The molecule has 1 N–H and O–H groups in total. The number of pyridine rings is 2. The van der Waals surface area contributed by atoms with Crippen LogP contribution in [0.3, 0.4) is 0 Å². The van der Waals surface area contributed by atoms with Gasteiger partial charge < -0.3 is 14.6 Å². The van der Waals surface area contributed by atoms with Gasteiger partial charge in [-0.3, -0.25) is 14.5 Å². The molecule has 1 fully saturated rings. The number of hydrogen-bond acceptors (Lipinski definition) is 6. The van der Waals surface area contributed by atoms with E-state index in [0.29, 0.717) is 11.4 Å². The van der Waals surface area contributed by atoms with Gasteiger partial charge in [0.1, 0.15) is 11.5 Å². The molecule has 0 unspecified atom stereocenters. The van der Waals surface area contributed by atoms with Crippen molar-refractivity contribution >= 4 is 40.0 Å². The smallest absolute Gasteiger partial charge is 0.298 e. The number of anilines is 2. The van der Waals surface area contributed by atoms with Gasteiger partial charge in [0.2, 0.25) is 0 Å². The quantitative estimate of drug-likeness (QED) is 0.235. The molecule has 0 aliphatic carbocycles. The average Bonchev–Trinajstić information content (AvgIpc) is 3.62. The summed E-state index contributed by atoms with van der Waals surface area (Å²) in [5.41, 5.74) is 3.29. The van der Waals surface area contributed by atoms with Crippen molar-refractivity contribution in [3.8, 4) is 11.1 Å². The van der Waals surface area contributed by atoms with Crippen molar-refractivity contribution in [1.29, 1.82) is 0 Å². The zero-order valence-electron chi connectivity index (χ0n) is 20.8. The maximum Gasteiger partial charge on any atom is 0.298 e. The lowest BCUT2D eigenvalue weighted by Gasteiger charge is -2.35. The highest BCUT2D eigenvalue weighted by Crippen LogP contribution is 2.28. The Labute approximate surface area is 225 Å². The van der Waals surface area contributed by atoms with Crippen LogP contribution in [0.15, 0.2) is 96.6 Å². The van der Waals surface area contributed by atoms with Gasteiger partial charge in [0.25, 0.3) is 11.7 Å². The van der Waals surface area contributed by atoms with Gasteiger partial charge in [-0.25, -0.2) is 4.98 Å². The Kier molecular flexibility index (Phi) is 6.73. The second-order valence-electron chi connectivity index (χ2n) is 9.30. The van der Waals surface area contributed by atoms with E-state index in [1.165, 1.54) is 4.88 Å². The molecule has 0 atom stereocenters. The number of ketones is 1. The zero-order chi connectivity index (χ0) is 25.9. The monoisotopic (exact) mass is 521 g/mol. The Balaban J connectivity index is 1.14. The number of fused-ring (bicyclic) bond motifs is 1. The molecule has 0 saturated carbocycles. The number of nitrogens with zero attached hydrogens (tertiary/aromatic N) is 4. The predicted octanol–water partition coefficient (Wildman–Crippen LogP) is 5.21. The minimum absolute atomic E-state index is 0.342. The molecule has 4 aromatic heterocycles. The molecule has 0 spiro atoms. The third kappa shape index (κ3) is 4.96. The number of benzene rings is 1. The summed E-state index contributed by atoms with van der Waals surface area (Å²) in [6.07, 6.45) is 3.42. The first-order valence-corrected chi connectivity index (χ1v) is 13.5. The minimum Gasteiger partial charge on any atom is -0.354 e. The van der Waals surface area contributed by atoms with Crippen molar-refractivity contribution in [3.05, 3.63) is 107 Å². The highest BCUT2D eigenvalue weighted by atomic mass is 32.1. The number of carbonyl (C=O) groups is 2. The van der Waals surface area contributed by atoms with Crippen LogP contribution in [0.2, 0.25) is 0 Å². The molecule has 38 heavy (non-hydrogen) atoms. The number of piperazine rings is 1. The molecule has 1 aliphatic rings. The van der Waals surface area contributed by atoms with Crippen LogP contribution in [-0.4, -0.2) is 52.2 Å². The maximum atomic E-state index is 13.4. The third-order valence-corrected chi connectivity index (χ3v) is 7.71. The summed E-state index contributed by atoms with van der Waals surface area (Å²) in [4.78, 5) is 37.1. The van der Waals surface area contributed by atoms with E-state index >= 15 is 0 Å². The molecular weight excluding hydrogens is 494 g/mol. The predicted molar refractivity (Wildman–Crippen MR) is 152 cm³/mol. The fourth-order valence-corrected chi connectivity index (χ4v) is 5.64. The first-order valence-electron chi connectivity index (χ1n) is 12.6. The van der Waals surface area contributed by atoms with E-state index in [4.69, 9.17) is 0 Å². The molecule has 1 saturated heterocycles. The van der Waals surface area contributed by atoms with Gasteiger partial charge in [-0.1, -0.05) is 42.5 Å². The van der Waals surface area contributed by atoms with Crippen LogP contribution in [0.25, 0.3) is 16.6 Å². The van der Waals surface area contributed by atoms with Crippen molar-refractivity contribution in [2.45, 2.75) is 6.54 Å². The molecule has 0 radical (unpaired) electrons. The van der Waals surface area contributed by atoms with E-state index in [2.05, 4.69) is 37.6 Å². The number of Topliss-reactive ketones (excluding diaryl/α,β-unsaturated/α-hetero) is 1. The lowest BCUT2D eigenvalue weighted by molar-refractivity contribution is -0.112. The van der Waals surface area contributed by atoms with Gasteiger partial charge in [0, 0.05) is 54.9 Å². The van der Waals surface area contributed by atoms with Crippen LogP contribution in [0.4, 0.5) is 11.5 Å². The Hall–Kier alpha value is -4.27. The van der Waals surface area contributed by atoms with Gasteiger partial charge in [0.15, 0.2) is 0 Å². The molecule has 1 aliphatic heterocycles. The van der Waals surface area contributed by atoms with E-state index in [1.54, 1.807) is 34.2 Å². The van der Waals surface area contributed by atoms with E-state index in [0.717, 1.165) is 55.2 Å². The second-order valence-corrected chi connectivity index (χ2v) is 10.3. The highest BCUT2D eigenvalue weighted by Gasteiger charge is 2.25. The standard InChI is InChI=1S/C30H27N5O2S/c36-29(28-26(22-7-2-1-3-8-22)19-24-9-4-5-13-35(24)28)30(37)32-23-11-12-27(31-20-23)34-16-14-33(15-17-34)21-25-10-6-18-38-25/h1-13,18-20H,14-17,21H2,(H,32,37). The Morgan fingerprint density at radius 1 is 0.895 bits per heavy atom. The number of amides is 1. The zero-order valence-corrected chi connectivity index (χ0v) is 21.6. The largest absolute Gasteiger partial charge is 0.354 e. The summed E-state index contributed by atoms with van der Waals surface area (Å²) >= 11 is 1.79. The second kappa shape index (κ2) is 10.6. The number of thiophene rings is 1. The fourth-order valence-electron chi connectivity index (χ4n) is 4.89. The van der Waals surface area contributed by atoms with E-state index in [1.807, 2.05) is 60.7 Å². The number of rotatable bonds is 7. The first-order chi connectivity index (χ1) is 18.7. The molecular formula is C30H27N5O2S. The SMILES string of the molecule is O=C(Nc1ccc(N2CCN(Cc3cccs3)CC2)nc1)C(=O)c1c(-c2ccccc2)cc2ccccn12. The van der Waals surface area contributed by atoms with Gasteiger partial charge >= 0.3 is 0 Å². The fraction of sp³-hybridized carbons (Fsp3) is 0.167. The summed E-state index contributed by atoms with van der Waals surface area (Å²) in [5, 5.41) is 4.86. The number of hydrogen-bond donors (Lipinski definition) is 1. The van der Waals surface area contributed by atoms with Crippen LogP contribution < -0.4 is 10.2 Å². The Morgan fingerprint density at radius 3 is 2.45 bits per heavy atom. The van der Waals surface area contributed by atoms with Gasteiger partial charge in [0.05, 0.1) is 11.9 Å². The Morgan fingerprint density at radius 2 is 1.71 bits per heavy atom. The number of carbonyl (C=O) groups excluding carboxylic acids is 2. The van der Waals surface area contributed by atoms with Crippen molar-refractivity contribution < 1.29 is 9.59 Å². The lowest BCUT2D eigenvalue weighted by atomic mass is 10.0. The average molecular weight is 522 g/mol. The first kappa shape index (κ1) is 24.1. The summed E-state index contributed by atoms with van der Waals surface area (Å²) in [5.74, 6) is -0.419. The molecule has 0 bridgehead atoms. The van der Waals surface area contributed by atoms with Crippen LogP contribution >= 0.6 is 11.3 Å². The molecule has 190 valence electrons. The van der Waals surface area contributed by atoms with E-state index in [-0.39, 0.29) is 0 Å². The normalized spacial score (nSPS) is 14.1. The van der Waals surface area contributed by atoms with Crippen LogP contribution in [-0.2, 0) is 11.3 Å². The van der Waals surface area contributed by atoms with E-state index < -0.39 is 11.7 Å². The van der Waals surface area contributed by atoms with Crippen LogP contribution in [0.5, 0.6) is 0 Å². The lowest BCUT2D eigenvalue weighted by Crippen LogP contribution is -2.46. The molecule has 5 aromatic rings. The van der Waals surface area contributed by atoms with Gasteiger partial charge in [-0.15, -0.1) is 11.3 Å². The molecule has 8 heteroatoms. The number of nitrogens with one attached hydrogen (secondary N) is 1. The van der Waals surface area contributed by atoms with Crippen LogP contribution in [0.1, 0.15) is 15.4 Å². The van der Waals surface area contributed by atoms with Gasteiger partial charge in [-0.05, 0) is 47.3 Å². The molecule has 5 heterocycles. The summed E-state index contributed by atoms with van der Waals surface area (Å²) < 4.78 is 1.77. The highest BCUT2D eigenvalue weighted by molar-refractivity contribution is 7.09. The molecule has 1 aromatic carbocycles. The maximum absolute atomic E-state index is 13.4. The van der Waals surface area contributed by atoms with Crippen molar-refractivity contribution in [3.63, 3.8) is 0 Å². The van der Waals surface area contributed by atoms with E-state index in [9.17, 15) is 9.59 Å². The summed E-state index contributed by atoms with van der Waals surface area (Å²) in [7, 11) is 0. The Bertz CT molecular complexity index is 1550. The molecule has 1 amide bonds.